The first-order valence-electron chi connectivity index (χ1n) is 10.7. The molecule has 180 valence electrons. The molecular weight excluding hydrogens is 469 g/mol. The summed E-state index contributed by atoms with van der Waals surface area (Å²) < 4.78 is 67.9. The van der Waals surface area contributed by atoms with Crippen molar-refractivity contribution < 1.29 is 26.0 Å². The van der Waals surface area contributed by atoms with Crippen LogP contribution >= 0.6 is 0 Å². The topological polar surface area (TPSA) is 113 Å². The average molecular weight is 498 g/mol. The minimum atomic E-state index is -4.06. The summed E-state index contributed by atoms with van der Waals surface area (Å²) in [5.74, 6) is -1.51. The van der Waals surface area contributed by atoms with Crippen molar-refractivity contribution >= 4 is 26.0 Å². The first-order valence-corrected chi connectivity index (χ1v) is 13.6. The Kier molecular flexibility index (Phi) is 7.57. The van der Waals surface area contributed by atoms with Crippen LogP contribution in [0.3, 0.4) is 0 Å². The summed E-state index contributed by atoms with van der Waals surface area (Å²) in [6.45, 7) is 5.96. The SMILES string of the molecule is CCN(CC)S(=O)(=O)c1ccc(C(C)NC(=O)c2ccc(F)c(S(=O)(=O)NC3CC3)c2)cc1. The Morgan fingerprint density at radius 2 is 1.67 bits per heavy atom. The Morgan fingerprint density at radius 3 is 2.21 bits per heavy atom. The van der Waals surface area contributed by atoms with E-state index in [-0.39, 0.29) is 16.5 Å². The summed E-state index contributed by atoms with van der Waals surface area (Å²) in [6.07, 6.45) is 1.40. The third-order valence-corrected chi connectivity index (χ3v) is 9.05. The van der Waals surface area contributed by atoms with Gasteiger partial charge in [-0.05, 0) is 55.7 Å². The number of carbonyl (C=O) groups is 1. The van der Waals surface area contributed by atoms with Crippen molar-refractivity contribution in [2.75, 3.05) is 13.1 Å². The van der Waals surface area contributed by atoms with Crippen molar-refractivity contribution in [1.82, 2.24) is 14.3 Å². The van der Waals surface area contributed by atoms with Crippen LogP contribution in [0.25, 0.3) is 0 Å². The Bertz CT molecular complexity index is 1220. The van der Waals surface area contributed by atoms with E-state index < -0.39 is 42.7 Å². The quantitative estimate of drug-likeness (QED) is 0.524. The molecule has 0 aliphatic heterocycles. The van der Waals surface area contributed by atoms with Gasteiger partial charge in [-0.2, -0.15) is 4.31 Å². The van der Waals surface area contributed by atoms with Gasteiger partial charge in [0, 0.05) is 24.7 Å². The van der Waals surface area contributed by atoms with Gasteiger partial charge in [0.15, 0.2) is 0 Å². The smallest absolute Gasteiger partial charge is 0.251 e. The van der Waals surface area contributed by atoms with Crippen molar-refractivity contribution in [2.45, 2.75) is 55.5 Å². The summed E-state index contributed by atoms with van der Waals surface area (Å²) in [7, 11) is -7.65. The first kappa shape index (κ1) is 25.3. The van der Waals surface area contributed by atoms with Gasteiger partial charge in [0.2, 0.25) is 20.0 Å². The predicted molar refractivity (Wildman–Crippen MR) is 122 cm³/mol. The van der Waals surface area contributed by atoms with Crippen molar-refractivity contribution in [3.63, 3.8) is 0 Å². The molecule has 1 amide bonds. The molecule has 2 aromatic carbocycles. The third kappa shape index (κ3) is 5.78. The van der Waals surface area contributed by atoms with E-state index in [0.717, 1.165) is 12.1 Å². The Balaban J connectivity index is 1.75. The highest BCUT2D eigenvalue weighted by molar-refractivity contribution is 7.89. The highest BCUT2D eigenvalue weighted by Crippen LogP contribution is 2.24. The molecule has 1 fully saturated rings. The molecule has 0 heterocycles. The van der Waals surface area contributed by atoms with Gasteiger partial charge < -0.3 is 5.32 Å². The summed E-state index contributed by atoms with van der Waals surface area (Å²) >= 11 is 0. The minimum Gasteiger partial charge on any atom is -0.346 e. The molecule has 0 radical (unpaired) electrons. The predicted octanol–water partition coefficient (Wildman–Crippen LogP) is 2.79. The van der Waals surface area contributed by atoms with Gasteiger partial charge in [-0.15, -0.1) is 0 Å². The zero-order chi connectivity index (χ0) is 24.4. The van der Waals surface area contributed by atoms with E-state index in [0.29, 0.717) is 31.5 Å². The molecule has 0 saturated heterocycles. The molecule has 3 rings (SSSR count). The molecule has 33 heavy (non-hydrogen) atoms. The van der Waals surface area contributed by atoms with Crippen LogP contribution in [0.1, 0.15) is 55.6 Å². The number of benzene rings is 2. The minimum absolute atomic E-state index is 0.000142. The van der Waals surface area contributed by atoms with Crippen LogP contribution < -0.4 is 10.0 Å². The molecule has 0 spiro atoms. The monoisotopic (exact) mass is 497 g/mol. The van der Waals surface area contributed by atoms with Crippen LogP contribution in [0.5, 0.6) is 0 Å². The Hall–Kier alpha value is -2.34. The average Bonchev–Trinajstić information content (AvgIpc) is 3.57. The van der Waals surface area contributed by atoms with Gasteiger partial charge in [-0.3, -0.25) is 4.79 Å². The zero-order valence-electron chi connectivity index (χ0n) is 18.7. The van der Waals surface area contributed by atoms with Gasteiger partial charge in [0.25, 0.3) is 5.91 Å². The Morgan fingerprint density at radius 1 is 1.06 bits per heavy atom. The largest absolute Gasteiger partial charge is 0.346 e. The normalized spacial score (nSPS) is 15.4. The lowest BCUT2D eigenvalue weighted by Gasteiger charge is -2.19. The number of amides is 1. The van der Waals surface area contributed by atoms with E-state index in [4.69, 9.17) is 0 Å². The molecule has 2 aromatic rings. The van der Waals surface area contributed by atoms with Crippen molar-refractivity contribution in [2.24, 2.45) is 0 Å². The third-order valence-electron chi connectivity index (χ3n) is 5.45. The molecule has 1 atom stereocenters. The fraction of sp³-hybridized carbons (Fsp3) is 0.409. The molecule has 1 unspecified atom stereocenters. The number of nitrogens with one attached hydrogen (secondary N) is 2. The molecule has 11 heteroatoms. The maximum atomic E-state index is 14.2. The second-order valence-electron chi connectivity index (χ2n) is 7.89. The molecule has 8 nitrogen and oxygen atoms in total. The highest BCUT2D eigenvalue weighted by atomic mass is 32.2. The van der Waals surface area contributed by atoms with E-state index in [1.165, 1.54) is 22.5 Å². The summed E-state index contributed by atoms with van der Waals surface area (Å²) in [5, 5.41) is 2.73. The highest BCUT2D eigenvalue weighted by Gasteiger charge is 2.30. The van der Waals surface area contributed by atoms with E-state index in [1.807, 2.05) is 0 Å². The van der Waals surface area contributed by atoms with Crippen LogP contribution in [0, 0.1) is 5.82 Å². The van der Waals surface area contributed by atoms with E-state index in [2.05, 4.69) is 10.0 Å². The fourth-order valence-corrected chi connectivity index (χ4v) is 6.21. The number of halogens is 1. The number of hydrogen-bond donors (Lipinski definition) is 2. The molecule has 0 aromatic heterocycles. The van der Waals surface area contributed by atoms with Gasteiger partial charge in [-0.25, -0.2) is 25.9 Å². The lowest BCUT2D eigenvalue weighted by Crippen LogP contribution is -2.30. The fourth-order valence-electron chi connectivity index (χ4n) is 3.34. The summed E-state index contributed by atoms with van der Waals surface area (Å²) in [5.41, 5.74) is 0.660. The van der Waals surface area contributed by atoms with Crippen LogP contribution in [-0.2, 0) is 20.0 Å². The lowest BCUT2D eigenvalue weighted by atomic mass is 10.1. The number of hydrogen-bond acceptors (Lipinski definition) is 5. The zero-order valence-corrected chi connectivity index (χ0v) is 20.3. The van der Waals surface area contributed by atoms with Crippen LogP contribution in [0.4, 0.5) is 4.39 Å². The van der Waals surface area contributed by atoms with Crippen LogP contribution in [0.15, 0.2) is 52.3 Å². The molecule has 2 N–H and O–H groups in total. The number of rotatable bonds is 10. The summed E-state index contributed by atoms with van der Waals surface area (Å²) in [6, 6.07) is 8.68. The van der Waals surface area contributed by atoms with E-state index >= 15 is 0 Å². The lowest BCUT2D eigenvalue weighted by molar-refractivity contribution is 0.0939. The number of sulfonamides is 2. The van der Waals surface area contributed by atoms with Gasteiger partial charge >= 0.3 is 0 Å². The summed E-state index contributed by atoms with van der Waals surface area (Å²) in [4.78, 5) is 12.3. The van der Waals surface area contributed by atoms with Gasteiger partial charge in [0.05, 0.1) is 10.9 Å². The van der Waals surface area contributed by atoms with Crippen LogP contribution in [0.2, 0.25) is 0 Å². The molecular formula is C22H28FN3O5S2. The first-order chi connectivity index (χ1) is 15.5. The second kappa shape index (κ2) is 9.88. The molecule has 1 saturated carbocycles. The van der Waals surface area contributed by atoms with Crippen molar-refractivity contribution in [3.05, 3.63) is 59.4 Å². The van der Waals surface area contributed by atoms with Crippen LogP contribution in [-0.4, -0.2) is 46.2 Å². The van der Waals surface area contributed by atoms with E-state index in [9.17, 15) is 26.0 Å². The molecule has 1 aliphatic carbocycles. The number of carbonyl (C=O) groups excluding carboxylic acids is 1. The standard InChI is InChI=1S/C22H28FN3O5S2/c1-4-26(5-2)33(30,31)19-11-6-16(7-12-19)15(3)24-22(27)17-8-13-20(23)21(14-17)32(28,29)25-18-9-10-18/h6-8,11-15,18,25H,4-5,9-10H2,1-3H3,(H,24,27). The van der Waals surface area contributed by atoms with E-state index in [1.54, 1.807) is 32.9 Å². The van der Waals surface area contributed by atoms with Gasteiger partial charge in [-0.1, -0.05) is 26.0 Å². The molecule has 0 bridgehead atoms. The maximum absolute atomic E-state index is 14.2. The number of nitrogens with zero attached hydrogens (tertiary/aromatic N) is 1. The molecule has 1 aliphatic rings. The van der Waals surface area contributed by atoms with Gasteiger partial charge in [0.1, 0.15) is 10.7 Å². The second-order valence-corrected chi connectivity index (χ2v) is 11.5. The Labute approximate surface area is 194 Å². The van der Waals surface area contributed by atoms with Crippen molar-refractivity contribution in [1.29, 1.82) is 0 Å². The van der Waals surface area contributed by atoms with Crippen molar-refractivity contribution in [3.8, 4) is 0 Å². The maximum Gasteiger partial charge on any atom is 0.251 e.